The second-order valence-corrected chi connectivity index (χ2v) is 13.6. The Labute approximate surface area is 196 Å². The first-order valence-electron chi connectivity index (χ1n) is 13.8. The highest BCUT2D eigenvalue weighted by Crippen LogP contribution is 2.67. The molecule has 32 heavy (non-hydrogen) atoms. The van der Waals surface area contributed by atoms with Crippen molar-refractivity contribution in [3.63, 3.8) is 0 Å². The molecule has 1 unspecified atom stereocenters. The zero-order valence-electron chi connectivity index (χ0n) is 21.2. The van der Waals surface area contributed by atoms with Crippen molar-refractivity contribution < 1.29 is 14.9 Å². The number of aliphatic hydroxyl groups is 2. The maximum atomic E-state index is 10.9. The molecule has 0 amide bonds. The van der Waals surface area contributed by atoms with Crippen LogP contribution >= 0.6 is 0 Å². The number of hydrogen-bond acceptors (Lipinski definition) is 3. The summed E-state index contributed by atoms with van der Waals surface area (Å²) in [6.45, 7) is 11.0. The average molecular weight is 445 g/mol. The third-order valence-corrected chi connectivity index (χ3v) is 11.5. The van der Waals surface area contributed by atoms with E-state index in [1.807, 2.05) is 6.92 Å². The van der Waals surface area contributed by atoms with Crippen molar-refractivity contribution in [2.45, 2.75) is 116 Å². The SMILES string of the molecule is C[C@H](CCC1(O)CCCOC1)[C@H]1CC[C@H]2[C@@H]3CC=C4C[C@@](C)(O)CC[C@]4(C)[C@H]3CC[C@]12C. The fourth-order valence-electron chi connectivity index (χ4n) is 9.51. The van der Waals surface area contributed by atoms with Crippen LogP contribution in [0.3, 0.4) is 0 Å². The maximum absolute atomic E-state index is 10.9. The Balaban J connectivity index is 1.29. The monoisotopic (exact) mass is 444 g/mol. The Bertz CT molecular complexity index is 735. The van der Waals surface area contributed by atoms with Crippen molar-refractivity contribution in [2.75, 3.05) is 13.2 Å². The van der Waals surface area contributed by atoms with Crippen LogP contribution in [0.2, 0.25) is 0 Å². The number of rotatable bonds is 4. The van der Waals surface area contributed by atoms with Gasteiger partial charge in [-0.2, -0.15) is 0 Å². The molecule has 5 rings (SSSR count). The molecule has 0 aromatic rings. The van der Waals surface area contributed by atoms with Gasteiger partial charge in [0.15, 0.2) is 0 Å². The van der Waals surface area contributed by atoms with Crippen LogP contribution in [-0.4, -0.2) is 34.6 Å². The van der Waals surface area contributed by atoms with Gasteiger partial charge in [-0.25, -0.2) is 0 Å². The summed E-state index contributed by atoms with van der Waals surface area (Å²) in [5.74, 6) is 3.98. The molecule has 2 N–H and O–H groups in total. The molecule has 0 aromatic heterocycles. The summed E-state index contributed by atoms with van der Waals surface area (Å²) in [7, 11) is 0. The van der Waals surface area contributed by atoms with Gasteiger partial charge in [0, 0.05) is 6.61 Å². The van der Waals surface area contributed by atoms with E-state index in [0.717, 1.165) is 75.2 Å². The van der Waals surface area contributed by atoms with E-state index < -0.39 is 11.2 Å². The van der Waals surface area contributed by atoms with Gasteiger partial charge in [-0.1, -0.05) is 32.4 Å². The van der Waals surface area contributed by atoms with Crippen LogP contribution in [0.5, 0.6) is 0 Å². The smallest absolute Gasteiger partial charge is 0.0881 e. The van der Waals surface area contributed by atoms with E-state index in [2.05, 4.69) is 26.8 Å². The second kappa shape index (κ2) is 8.09. The van der Waals surface area contributed by atoms with E-state index in [0.29, 0.717) is 23.4 Å². The summed E-state index contributed by atoms with van der Waals surface area (Å²) in [6.07, 6.45) is 16.3. The van der Waals surface area contributed by atoms with Crippen LogP contribution < -0.4 is 0 Å². The number of ether oxygens (including phenoxy) is 1. The van der Waals surface area contributed by atoms with Crippen molar-refractivity contribution >= 4 is 0 Å². The van der Waals surface area contributed by atoms with Crippen molar-refractivity contribution in [3.05, 3.63) is 11.6 Å². The molecule has 1 aliphatic heterocycles. The van der Waals surface area contributed by atoms with Crippen LogP contribution in [0.1, 0.15) is 105 Å². The van der Waals surface area contributed by atoms with E-state index >= 15 is 0 Å². The summed E-state index contributed by atoms with van der Waals surface area (Å²) < 4.78 is 5.60. The fraction of sp³-hybridized carbons (Fsp3) is 0.931. The van der Waals surface area contributed by atoms with Crippen LogP contribution in [0.15, 0.2) is 11.6 Å². The van der Waals surface area contributed by atoms with Crippen LogP contribution in [0.4, 0.5) is 0 Å². The van der Waals surface area contributed by atoms with E-state index in [1.165, 1.54) is 32.1 Å². The van der Waals surface area contributed by atoms with Gasteiger partial charge in [0.2, 0.25) is 0 Å². The molecule has 0 aromatic carbocycles. The predicted octanol–water partition coefficient (Wildman–Crippen LogP) is 6.27. The van der Waals surface area contributed by atoms with E-state index in [9.17, 15) is 10.2 Å². The minimum absolute atomic E-state index is 0.320. The highest BCUT2D eigenvalue weighted by atomic mass is 16.5. The van der Waals surface area contributed by atoms with Crippen LogP contribution in [-0.2, 0) is 4.74 Å². The molecule has 4 aliphatic carbocycles. The van der Waals surface area contributed by atoms with Gasteiger partial charge >= 0.3 is 0 Å². The molecule has 3 nitrogen and oxygen atoms in total. The molecular weight excluding hydrogens is 396 g/mol. The highest BCUT2D eigenvalue weighted by molar-refractivity contribution is 5.26. The quantitative estimate of drug-likeness (QED) is 0.502. The van der Waals surface area contributed by atoms with E-state index in [4.69, 9.17) is 4.74 Å². The summed E-state index contributed by atoms with van der Waals surface area (Å²) in [6, 6.07) is 0. The number of fused-ring (bicyclic) bond motifs is 5. The summed E-state index contributed by atoms with van der Waals surface area (Å²) in [5, 5.41) is 21.6. The lowest BCUT2D eigenvalue weighted by Crippen LogP contribution is -2.52. The molecule has 1 saturated heterocycles. The van der Waals surface area contributed by atoms with E-state index in [-0.39, 0.29) is 0 Å². The van der Waals surface area contributed by atoms with Crippen molar-refractivity contribution in [1.29, 1.82) is 0 Å². The summed E-state index contributed by atoms with van der Waals surface area (Å²) in [4.78, 5) is 0. The lowest BCUT2D eigenvalue weighted by molar-refractivity contribution is -0.0961. The molecule has 182 valence electrons. The Hall–Kier alpha value is -0.380. The Morgan fingerprint density at radius 3 is 2.59 bits per heavy atom. The van der Waals surface area contributed by atoms with Crippen LogP contribution in [0, 0.1) is 40.4 Å². The van der Waals surface area contributed by atoms with Crippen molar-refractivity contribution in [2.24, 2.45) is 40.4 Å². The van der Waals surface area contributed by atoms with Crippen LogP contribution in [0.25, 0.3) is 0 Å². The van der Waals surface area contributed by atoms with Crippen molar-refractivity contribution in [1.82, 2.24) is 0 Å². The van der Waals surface area contributed by atoms with E-state index in [1.54, 1.807) is 5.57 Å². The lowest BCUT2D eigenvalue weighted by atomic mass is 9.46. The van der Waals surface area contributed by atoms with Crippen molar-refractivity contribution in [3.8, 4) is 0 Å². The normalized spacial score (nSPS) is 51.9. The molecule has 4 fully saturated rings. The Morgan fingerprint density at radius 1 is 1.03 bits per heavy atom. The molecule has 9 atom stereocenters. The third kappa shape index (κ3) is 3.83. The van der Waals surface area contributed by atoms with Gasteiger partial charge in [-0.15, -0.1) is 0 Å². The highest BCUT2D eigenvalue weighted by Gasteiger charge is 2.59. The van der Waals surface area contributed by atoms with Gasteiger partial charge < -0.3 is 14.9 Å². The zero-order chi connectivity index (χ0) is 22.8. The first-order valence-corrected chi connectivity index (χ1v) is 13.8. The first kappa shape index (κ1) is 23.4. The second-order valence-electron chi connectivity index (χ2n) is 13.6. The molecule has 3 saturated carbocycles. The molecular formula is C29H48O3. The Kier molecular flexibility index (Phi) is 5.91. The largest absolute Gasteiger partial charge is 0.390 e. The average Bonchev–Trinajstić information content (AvgIpc) is 3.10. The molecule has 0 radical (unpaired) electrons. The molecule has 1 heterocycles. The topological polar surface area (TPSA) is 49.7 Å². The Morgan fingerprint density at radius 2 is 1.84 bits per heavy atom. The van der Waals surface area contributed by atoms with Gasteiger partial charge in [0.05, 0.1) is 17.8 Å². The first-order chi connectivity index (χ1) is 15.1. The van der Waals surface area contributed by atoms with Gasteiger partial charge in [0.1, 0.15) is 0 Å². The van der Waals surface area contributed by atoms with Gasteiger partial charge in [-0.05, 0) is 124 Å². The minimum Gasteiger partial charge on any atom is -0.390 e. The summed E-state index contributed by atoms with van der Waals surface area (Å²) in [5.41, 5.74) is 1.28. The molecule has 5 aliphatic rings. The predicted molar refractivity (Wildman–Crippen MR) is 129 cm³/mol. The number of allylic oxidation sites excluding steroid dienone is 1. The van der Waals surface area contributed by atoms with Gasteiger partial charge in [0.25, 0.3) is 0 Å². The zero-order valence-corrected chi connectivity index (χ0v) is 21.2. The fourth-order valence-corrected chi connectivity index (χ4v) is 9.51. The van der Waals surface area contributed by atoms with Gasteiger partial charge in [-0.3, -0.25) is 0 Å². The third-order valence-electron chi connectivity index (χ3n) is 11.5. The summed E-state index contributed by atoms with van der Waals surface area (Å²) >= 11 is 0. The lowest BCUT2D eigenvalue weighted by Gasteiger charge is -2.59. The molecule has 0 bridgehead atoms. The minimum atomic E-state index is -0.579. The maximum Gasteiger partial charge on any atom is 0.0881 e. The molecule has 3 heteroatoms. The number of hydrogen-bond donors (Lipinski definition) is 2. The standard InChI is InChI=1S/C29H48O3/c1-20(10-14-29(31)12-5-17-32-19-29)23-8-9-24-22-7-6-21-18-26(2,30)15-16-27(21,3)25(22)11-13-28(23,24)4/h6,20,22-25,30-31H,5,7-19H2,1-4H3/t20-,22+,23-,24+,25+,26+,27+,28-,29?/m1/s1. The molecule has 0 spiro atoms.